The van der Waals surface area contributed by atoms with Crippen LogP contribution in [-0.4, -0.2) is 36.0 Å². The lowest BCUT2D eigenvalue weighted by Crippen LogP contribution is -2.40. The van der Waals surface area contributed by atoms with Gasteiger partial charge in [-0.05, 0) is 19.1 Å². The van der Waals surface area contributed by atoms with Crippen molar-refractivity contribution in [2.75, 3.05) is 18.0 Å². The fourth-order valence-electron chi connectivity index (χ4n) is 1.63. The van der Waals surface area contributed by atoms with Gasteiger partial charge in [0.15, 0.2) is 0 Å². The number of aliphatic carboxylic acids is 1. The summed E-state index contributed by atoms with van der Waals surface area (Å²) in [5.74, 6) is -1.62. The number of benzene rings is 1. The first kappa shape index (κ1) is 15.7. The van der Waals surface area contributed by atoms with E-state index in [-0.39, 0.29) is 31.3 Å². The van der Waals surface area contributed by atoms with Gasteiger partial charge in [-0.2, -0.15) is 0 Å². The van der Waals surface area contributed by atoms with Gasteiger partial charge in [0.2, 0.25) is 11.8 Å². The van der Waals surface area contributed by atoms with Gasteiger partial charge in [0.1, 0.15) is 0 Å². The summed E-state index contributed by atoms with van der Waals surface area (Å²) >= 11 is 0. The zero-order valence-corrected chi connectivity index (χ0v) is 11.5. The minimum atomic E-state index is -0.977. The van der Waals surface area contributed by atoms with Crippen LogP contribution in [0.1, 0.15) is 18.9 Å². The van der Waals surface area contributed by atoms with E-state index < -0.39 is 5.97 Å². The molecule has 0 aliphatic rings. The molecule has 6 heteroatoms. The monoisotopic (exact) mass is 278 g/mol. The summed E-state index contributed by atoms with van der Waals surface area (Å²) < 4.78 is 0. The number of amides is 2. The van der Waals surface area contributed by atoms with E-state index in [1.54, 1.807) is 12.1 Å². The number of hydrogen-bond donors (Lipinski definition) is 2. The van der Waals surface area contributed by atoms with Gasteiger partial charge >= 0.3 is 5.97 Å². The number of nitrogens with zero attached hydrogens (tertiary/aromatic N) is 1. The zero-order valence-electron chi connectivity index (χ0n) is 11.5. The van der Waals surface area contributed by atoms with Crippen molar-refractivity contribution < 1.29 is 19.5 Å². The molecule has 0 bridgehead atoms. The van der Waals surface area contributed by atoms with Crippen LogP contribution in [0.3, 0.4) is 0 Å². The summed E-state index contributed by atoms with van der Waals surface area (Å²) in [6, 6.07) is 7.19. The van der Waals surface area contributed by atoms with Crippen LogP contribution >= 0.6 is 0 Å². The first-order valence-corrected chi connectivity index (χ1v) is 6.23. The minimum Gasteiger partial charge on any atom is -0.481 e. The largest absolute Gasteiger partial charge is 0.481 e. The fraction of sp³-hybridized carbons (Fsp3) is 0.357. The van der Waals surface area contributed by atoms with Crippen LogP contribution in [0.15, 0.2) is 24.3 Å². The topological polar surface area (TPSA) is 86.7 Å². The van der Waals surface area contributed by atoms with Crippen LogP contribution in [0.25, 0.3) is 0 Å². The molecule has 2 amide bonds. The SMILES string of the molecule is CC(=O)NCC(=O)N(CCC(=O)O)c1ccc(C)cc1. The van der Waals surface area contributed by atoms with E-state index in [1.807, 2.05) is 19.1 Å². The summed E-state index contributed by atoms with van der Waals surface area (Å²) in [7, 11) is 0. The maximum Gasteiger partial charge on any atom is 0.305 e. The van der Waals surface area contributed by atoms with Gasteiger partial charge in [-0.25, -0.2) is 0 Å². The molecular formula is C14H18N2O4. The molecule has 108 valence electrons. The minimum absolute atomic E-state index is 0.0663. The average Bonchev–Trinajstić information content (AvgIpc) is 2.38. The molecule has 0 saturated carbocycles. The number of anilines is 1. The standard InChI is InChI=1S/C14H18N2O4/c1-10-3-5-12(6-4-10)16(8-7-14(19)20)13(18)9-15-11(2)17/h3-6H,7-9H2,1-2H3,(H,15,17)(H,19,20). The van der Waals surface area contributed by atoms with Gasteiger partial charge in [-0.3, -0.25) is 14.4 Å². The second-order valence-corrected chi connectivity index (χ2v) is 4.43. The van der Waals surface area contributed by atoms with Gasteiger partial charge in [-0.15, -0.1) is 0 Å². The lowest BCUT2D eigenvalue weighted by molar-refractivity contribution is -0.136. The molecule has 1 aromatic carbocycles. The summed E-state index contributed by atoms with van der Waals surface area (Å²) in [5, 5.41) is 11.2. The van der Waals surface area contributed by atoms with Crippen molar-refractivity contribution in [2.45, 2.75) is 20.3 Å². The number of hydrogen-bond acceptors (Lipinski definition) is 3. The van der Waals surface area contributed by atoms with Crippen molar-refractivity contribution >= 4 is 23.5 Å². The molecule has 1 rings (SSSR count). The summed E-state index contributed by atoms with van der Waals surface area (Å²) in [6.45, 7) is 3.16. The molecule has 1 aromatic rings. The molecule has 0 aromatic heterocycles. The van der Waals surface area contributed by atoms with E-state index in [2.05, 4.69) is 5.32 Å². The summed E-state index contributed by atoms with van der Waals surface area (Å²) in [5.41, 5.74) is 1.66. The third kappa shape index (κ3) is 5.09. The second-order valence-electron chi connectivity index (χ2n) is 4.43. The van der Waals surface area contributed by atoms with E-state index in [0.717, 1.165) is 5.56 Å². The molecule has 2 N–H and O–H groups in total. The van der Waals surface area contributed by atoms with Crippen molar-refractivity contribution in [1.29, 1.82) is 0 Å². The van der Waals surface area contributed by atoms with Crippen LogP contribution < -0.4 is 10.2 Å². The molecule has 0 saturated heterocycles. The van der Waals surface area contributed by atoms with Crippen LogP contribution in [-0.2, 0) is 14.4 Å². The Labute approximate surface area is 117 Å². The van der Waals surface area contributed by atoms with Crippen molar-refractivity contribution in [3.8, 4) is 0 Å². The second kappa shape index (κ2) is 7.28. The Kier molecular flexibility index (Phi) is 5.71. The molecule has 0 radical (unpaired) electrons. The highest BCUT2D eigenvalue weighted by Gasteiger charge is 2.16. The molecule has 0 spiro atoms. The van der Waals surface area contributed by atoms with Crippen molar-refractivity contribution in [3.63, 3.8) is 0 Å². The predicted octanol–water partition coefficient (Wildman–Crippen LogP) is 0.939. The average molecular weight is 278 g/mol. The third-order valence-corrected chi connectivity index (χ3v) is 2.68. The molecule has 0 aliphatic carbocycles. The maximum absolute atomic E-state index is 12.1. The van der Waals surface area contributed by atoms with E-state index in [9.17, 15) is 14.4 Å². The first-order chi connectivity index (χ1) is 9.40. The van der Waals surface area contributed by atoms with Gasteiger partial charge in [0.25, 0.3) is 0 Å². The molecule has 20 heavy (non-hydrogen) atoms. The maximum atomic E-state index is 12.1. The van der Waals surface area contributed by atoms with Crippen molar-refractivity contribution in [1.82, 2.24) is 5.32 Å². The van der Waals surface area contributed by atoms with E-state index >= 15 is 0 Å². The Bertz CT molecular complexity index is 496. The van der Waals surface area contributed by atoms with Gasteiger partial charge < -0.3 is 15.3 Å². The number of rotatable bonds is 6. The van der Waals surface area contributed by atoms with Crippen LogP contribution in [0.5, 0.6) is 0 Å². The Morgan fingerprint density at radius 3 is 2.30 bits per heavy atom. The number of nitrogens with one attached hydrogen (secondary N) is 1. The smallest absolute Gasteiger partial charge is 0.305 e. The van der Waals surface area contributed by atoms with Crippen molar-refractivity contribution in [2.24, 2.45) is 0 Å². The highest BCUT2D eigenvalue weighted by molar-refractivity contribution is 5.96. The number of carbonyl (C=O) groups excluding carboxylic acids is 2. The predicted molar refractivity (Wildman–Crippen MR) is 74.5 cm³/mol. The van der Waals surface area contributed by atoms with Crippen LogP contribution in [0, 0.1) is 6.92 Å². The van der Waals surface area contributed by atoms with Crippen molar-refractivity contribution in [3.05, 3.63) is 29.8 Å². The van der Waals surface area contributed by atoms with E-state index in [1.165, 1.54) is 11.8 Å². The third-order valence-electron chi connectivity index (χ3n) is 2.68. The van der Waals surface area contributed by atoms with E-state index in [0.29, 0.717) is 5.69 Å². The van der Waals surface area contributed by atoms with E-state index in [4.69, 9.17) is 5.11 Å². The molecule has 6 nitrogen and oxygen atoms in total. The molecular weight excluding hydrogens is 260 g/mol. The van der Waals surface area contributed by atoms with Gasteiger partial charge in [0, 0.05) is 19.2 Å². The van der Waals surface area contributed by atoms with Crippen LogP contribution in [0.4, 0.5) is 5.69 Å². The fourth-order valence-corrected chi connectivity index (χ4v) is 1.63. The molecule has 0 aliphatic heterocycles. The highest BCUT2D eigenvalue weighted by Crippen LogP contribution is 2.15. The lowest BCUT2D eigenvalue weighted by atomic mass is 10.2. The summed E-state index contributed by atoms with van der Waals surface area (Å²) in [6.07, 6.45) is -0.153. The van der Waals surface area contributed by atoms with Gasteiger partial charge in [-0.1, -0.05) is 17.7 Å². The number of carboxylic acids is 1. The summed E-state index contributed by atoms with van der Waals surface area (Å²) in [4.78, 5) is 34.9. The van der Waals surface area contributed by atoms with Gasteiger partial charge in [0.05, 0.1) is 13.0 Å². The Hall–Kier alpha value is -2.37. The molecule has 0 unspecified atom stereocenters. The molecule has 0 fully saturated rings. The molecule has 0 atom stereocenters. The van der Waals surface area contributed by atoms with Crippen LogP contribution in [0.2, 0.25) is 0 Å². The number of aryl methyl sites for hydroxylation is 1. The highest BCUT2D eigenvalue weighted by atomic mass is 16.4. The first-order valence-electron chi connectivity index (χ1n) is 6.23. The normalized spacial score (nSPS) is 9.90. The molecule has 0 heterocycles. The Morgan fingerprint density at radius 2 is 1.80 bits per heavy atom. The Morgan fingerprint density at radius 1 is 1.20 bits per heavy atom. The number of carbonyl (C=O) groups is 3. The lowest BCUT2D eigenvalue weighted by Gasteiger charge is -2.22. The zero-order chi connectivity index (χ0) is 15.1. The quantitative estimate of drug-likeness (QED) is 0.810. The number of carboxylic acid groups (broad SMARTS) is 1. The Balaban J connectivity index is 2.83.